The molecule has 1 fully saturated rings. The Morgan fingerprint density at radius 1 is 1.48 bits per heavy atom. The van der Waals surface area contributed by atoms with Gasteiger partial charge in [0.25, 0.3) is 5.91 Å². The Balaban J connectivity index is 1.97. The molecule has 1 aromatic heterocycles. The van der Waals surface area contributed by atoms with Gasteiger partial charge in [0.2, 0.25) is 0 Å². The van der Waals surface area contributed by atoms with Crippen LogP contribution in [0.25, 0.3) is 0 Å². The normalized spacial score (nSPS) is 23.6. The zero-order valence-electron chi connectivity index (χ0n) is 13.6. The number of piperidine rings is 1. The van der Waals surface area contributed by atoms with Crippen molar-refractivity contribution in [2.75, 3.05) is 24.6 Å². The maximum Gasteiger partial charge on any atom is 0.252 e. The van der Waals surface area contributed by atoms with E-state index < -0.39 is 5.91 Å². The third-order valence-electron chi connectivity index (χ3n) is 5.17. The van der Waals surface area contributed by atoms with Crippen LogP contribution < -0.4 is 10.6 Å². The molecule has 0 bridgehead atoms. The zero-order chi connectivity index (χ0) is 16.4. The van der Waals surface area contributed by atoms with Crippen molar-refractivity contribution in [1.82, 2.24) is 4.98 Å². The molecule has 1 aliphatic carbocycles. The molecule has 3 N–H and O–H groups in total. The first-order chi connectivity index (χ1) is 11.1. The summed E-state index contributed by atoms with van der Waals surface area (Å²) in [4.78, 5) is 18.8. The van der Waals surface area contributed by atoms with Crippen molar-refractivity contribution in [3.05, 3.63) is 35.5 Å². The summed E-state index contributed by atoms with van der Waals surface area (Å²) in [6, 6.07) is 1.93. The number of carbonyl (C=O) groups is 1. The lowest BCUT2D eigenvalue weighted by Crippen LogP contribution is -2.46. The lowest BCUT2D eigenvalue weighted by atomic mass is 9.77. The molecular weight excluding hydrogens is 290 g/mol. The number of pyridine rings is 1. The van der Waals surface area contributed by atoms with Gasteiger partial charge in [0.05, 0.1) is 12.2 Å². The molecule has 5 heteroatoms. The van der Waals surface area contributed by atoms with Crippen LogP contribution in [-0.4, -0.2) is 35.7 Å². The second-order valence-corrected chi connectivity index (χ2v) is 6.86. The number of primary amides is 1. The molecule has 2 heterocycles. The van der Waals surface area contributed by atoms with Gasteiger partial charge < -0.3 is 15.7 Å². The van der Waals surface area contributed by atoms with Crippen molar-refractivity contribution in [3.63, 3.8) is 0 Å². The van der Waals surface area contributed by atoms with E-state index in [-0.39, 0.29) is 12.0 Å². The van der Waals surface area contributed by atoms with E-state index in [2.05, 4.69) is 11.5 Å². The summed E-state index contributed by atoms with van der Waals surface area (Å²) in [5.74, 6) is 0.269. The van der Waals surface area contributed by atoms with Crippen LogP contribution in [0.5, 0.6) is 0 Å². The molecule has 1 unspecified atom stereocenters. The van der Waals surface area contributed by atoms with Gasteiger partial charge >= 0.3 is 0 Å². The molecule has 1 aliphatic heterocycles. The maximum absolute atomic E-state index is 11.9. The number of nitrogens with zero attached hydrogens (tertiary/aromatic N) is 2. The number of nitrogens with two attached hydrogens (primary N) is 1. The molecule has 1 aromatic rings. The number of rotatable bonds is 5. The first-order valence-electron chi connectivity index (χ1n) is 8.38. The van der Waals surface area contributed by atoms with Gasteiger partial charge in [-0.05, 0) is 50.2 Å². The average molecular weight is 315 g/mol. The minimum Gasteiger partial charge on any atom is -0.396 e. The fraction of sp³-hybridized carbons (Fsp3) is 0.556. The van der Waals surface area contributed by atoms with Gasteiger partial charge in [-0.3, -0.25) is 4.79 Å². The van der Waals surface area contributed by atoms with Crippen molar-refractivity contribution >= 4 is 11.7 Å². The predicted molar refractivity (Wildman–Crippen MR) is 90.6 cm³/mol. The Morgan fingerprint density at radius 2 is 2.30 bits per heavy atom. The molecule has 23 heavy (non-hydrogen) atoms. The highest BCUT2D eigenvalue weighted by Crippen LogP contribution is 2.37. The number of aromatic nitrogens is 1. The highest BCUT2D eigenvalue weighted by atomic mass is 16.3. The predicted octanol–water partition coefficient (Wildman–Crippen LogP) is 1.82. The standard InChI is InChI=1S/C18H25N3O2/c1-2-7-18(12-22)8-4-9-21(11-18)17-14(16(19)23)10-13-5-3-6-15(13)20-17/h2,10,22H,1,3-9,11-12H2,(H2,19,23). The lowest BCUT2D eigenvalue weighted by Gasteiger charge is -2.42. The SMILES string of the molecule is C=CCC1(CO)CCCN(c2nc3c(cc2C(N)=O)CCC3)C1. The van der Waals surface area contributed by atoms with Gasteiger partial charge in [0.1, 0.15) is 5.82 Å². The number of carbonyl (C=O) groups excluding carboxylic acids is 1. The van der Waals surface area contributed by atoms with Crippen LogP contribution in [0, 0.1) is 5.41 Å². The van der Waals surface area contributed by atoms with E-state index in [1.807, 2.05) is 12.1 Å². The molecule has 0 aromatic carbocycles. The Kier molecular flexibility index (Phi) is 4.39. The van der Waals surface area contributed by atoms with Gasteiger partial charge in [-0.15, -0.1) is 6.58 Å². The van der Waals surface area contributed by atoms with Crippen molar-refractivity contribution in [1.29, 1.82) is 0 Å². The quantitative estimate of drug-likeness (QED) is 0.812. The summed E-state index contributed by atoms with van der Waals surface area (Å²) in [6.07, 6.45) is 7.57. The van der Waals surface area contributed by atoms with Crippen LogP contribution in [0.15, 0.2) is 18.7 Å². The summed E-state index contributed by atoms with van der Waals surface area (Å²) < 4.78 is 0. The number of allylic oxidation sites excluding steroid dienone is 1. The molecule has 1 amide bonds. The van der Waals surface area contributed by atoms with Crippen LogP contribution in [-0.2, 0) is 12.8 Å². The average Bonchev–Trinajstić information content (AvgIpc) is 3.01. The lowest BCUT2D eigenvalue weighted by molar-refractivity contribution is 0.0996. The van der Waals surface area contributed by atoms with Crippen molar-refractivity contribution < 1.29 is 9.90 Å². The number of aliphatic hydroxyl groups excluding tert-OH is 1. The molecule has 2 aliphatic rings. The fourth-order valence-electron chi connectivity index (χ4n) is 3.94. The van der Waals surface area contributed by atoms with Gasteiger partial charge in [-0.1, -0.05) is 6.08 Å². The molecule has 124 valence electrons. The molecule has 0 radical (unpaired) electrons. The summed E-state index contributed by atoms with van der Waals surface area (Å²) >= 11 is 0. The van der Waals surface area contributed by atoms with Crippen LogP contribution >= 0.6 is 0 Å². The van der Waals surface area contributed by atoms with E-state index in [0.717, 1.165) is 56.3 Å². The van der Waals surface area contributed by atoms with Crippen molar-refractivity contribution in [3.8, 4) is 0 Å². The molecule has 0 saturated carbocycles. The van der Waals surface area contributed by atoms with Gasteiger partial charge in [0, 0.05) is 24.2 Å². The highest BCUT2D eigenvalue weighted by molar-refractivity contribution is 5.98. The number of aryl methyl sites for hydroxylation is 2. The molecule has 3 rings (SSSR count). The summed E-state index contributed by atoms with van der Waals surface area (Å²) in [5, 5.41) is 9.88. The van der Waals surface area contributed by atoms with E-state index in [4.69, 9.17) is 10.7 Å². The monoisotopic (exact) mass is 315 g/mol. The number of hydrogen-bond acceptors (Lipinski definition) is 4. The van der Waals surface area contributed by atoms with Crippen molar-refractivity contribution in [2.24, 2.45) is 11.1 Å². The minimum absolute atomic E-state index is 0.117. The Labute approximate surface area is 137 Å². The van der Waals surface area contributed by atoms with Crippen LogP contribution in [0.2, 0.25) is 0 Å². The fourth-order valence-corrected chi connectivity index (χ4v) is 3.94. The maximum atomic E-state index is 11.9. The number of hydrogen-bond donors (Lipinski definition) is 2. The van der Waals surface area contributed by atoms with E-state index in [9.17, 15) is 9.90 Å². The van der Waals surface area contributed by atoms with Gasteiger partial charge in [-0.2, -0.15) is 0 Å². The van der Waals surface area contributed by atoms with E-state index in [0.29, 0.717) is 17.9 Å². The summed E-state index contributed by atoms with van der Waals surface area (Å²) in [6.45, 7) is 5.46. The number of anilines is 1. The molecular formula is C18H25N3O2. The summed E-state index contributed by atoms with van der Waals surface area (Å²) in [5.41, 5.74) is 8.16. The van der Waals surface area contributed by atoms with Crippen LogP contribution in [0.1, 0.15) is 47.3 Å². The smallest absolute Gasteiger partial charge is 0.252 e. The van der Waals surface area contributed by atoms with E-state index >= 15 is 0 Å². The highest BCUT2D eigenvalue weighted by Gasteiger charge is 2.36. The van der Waals surface area contributed by atoms with Gasteiger partial charge in [-0.25, -0.2) is 4.98 Å². The second kappa shape index (κ2) is 6.32. The molecule has 1 saturated heterocycles. The minimum atomic E-state index is -0.425. The Bertz CT molecular complexity index is 629. The summed E-state index contributed by atoms with van der Waals surface area (Å²) in [7, 11) is 0. The Morgan fingerprint density at radius 3 is 3.00 bits per heavy atom. The number of fused-ring (bicyclic) bond motifs is 1. The van der Waals surface area contributed by atoms with Crippen LogP contribution in [0.3, 0.4) is 0 Å². The first-order valence-corrected chi connectivity index (χ1v) is 8.38. The Hall–Kier alpha value is -1.88. The molecule has 0 spiro atoms. The zero-order valence-corrected chi connectivity index (χ0v) is 13.6. The largest absolute Gasteiger partial charge is 0.396 e. The van der Waals surface area contributed by atoms with E-state index in [1.165, 1.54) is 0 Å². The van der Waals surface area contributed by atoms with Gasteiger partial charge in [0.15, 0.2) is 0 Å². The topological polar surface area (TPSA) is 79.4 Å². The molecule has 5 nitrogen and oxygen atoms in total. The number of amides is 1. The van der Waals surface area contributed by atoms with E-state index in [1.54, 1.807) is 0 Å². The third-order valence-corrected chi connectivity index (χ3v) is 5.17. The van der Waals surface area contributed by atoms with Crippen LogP contribution in [0.4, 0.5) is 5.82 Å². The third kappa shape index (κ3) is 2.98. The first kappa shape index (κ1) is 16.0. The second-order valence-electron chi connectivity index (χ2n) is 6.86. The van der Waals surface area contributed by atoms with Crippen molar-refractivity contribution in [2.45, 2.75) is 38.5 Å². The number of aliphatic hydroxyl groups is 1. The molecule has 1 atom stereocenters.